The van der Waals surface area contributed by atoms with Gasteiger partial charge in [0.1, 0.15) is 5.75 Å². The summed E-state index contributed by atoms with van der Waals surface area (Å²) in [6, 6.07) is 3.99. The first-order valence-electron chi connectivity index (χ1n) is 3.77. The number of fused-ring (bicyclic) bond motifs is 1. The molecule has 3 N–H and O–H groups in total. The van der Waals surface area contributed by atoms with Crippen LogP contribution < -0.4 is 0 Å². The first-order valence-corrected chi connectivity index (χ1v) is 4.58. The monoisotopic (exact) mass is 210 g/mol. The van der Waals surface area contributed by atoms with Crippen molar-refractivity contribution in [3.8, 4) is 10.8 Å². The number of carbonyl (C=O) groups is 1. The van der Waals surface area contributed by atoms with Crippen LogP contribution in [0.4, 0.5) is 0 Å². The zero-order valence-corrected chi connectivity index (χ0v) is 7.71. The predicted octanol–water partition coefficient (Wildman–Crippen LogP) is 2.01. The summed E-state index contributed by atoms with van der Waals surface area (Å²) in [6.07, 6.45) is 0. The summed E-state index contributed by atoms with van der Waals surface area (Å²) in [5, 5.41) is 27.8. The fourth-order valence-corrected chi connectivity index (χ4v) is 2.09. The van der Waals surface area contributed by atoms with Crippen molar-refractivity contribution < 1.29 is 20.1 Å². The van der Waals surface area contributed by atoms with Crippen molar-refractivity contribution in [1.29, 1.82) is 0 Å². The molecular formula is C9H6O4S. The van der Waals surface area contributed by atoms with Gasteiger partial charge in [-0.3, -0.25) is 0 Å². The number of benzene rings is 1. The second kappa shape index (κ2) is 2.88. The maximum Gasteiger partial charge on any atom is 0.335 e. The minimum atomic E-state index is -1.10. The highest BCUT2D eigenvalue weighted by Gasteiger charge is 2.10. The Morgan fingerprint density at radius 2 is 1.93 bits per heavy atom. The lowest BCUT2D eigenvalue weighted by Crippen LogP contribution is -1.94. The molecule has 1 aromatic heterocycles. The highest BCUT2D eigenvalue weighted by molar-refractivity contribution is 7.20. The molecule has 4 nitrogen and oxygen atoms in total. The Morgan fingerprint density at radius 3 is 2.57 bits per heavy atom. The first-order chi connectivity index (χ1) is 6.58. The molecule has 2 aromatic rings. The Labute approximate surface area is 82.7 Å². The van der Waals surface area contributed by atoms with Gasteiger partial charge in [-0.2, -0.15) is 0 Å². The standard InChI is InChI=1S/C9H6O4S/c10-6-1-4(9(12)13)2-7-5(6)3-8(11)14-7/h1-3,10-11H,(H,12,13). The largest absolute Gasteiger partial charge is 0.507 e. The van der Waals surface area contributed by atoms with Gasteiger partial charge >= 0.3 is 5.97 Å². The van der Waals surface area contributed by atoms with E-state index < -0.39 is 5.97 Å². The molecule has 0 radical (unpaired) electrons. The smallest absolute Gasteiger partial charge is 0.335 e. The van der Waals surface area contributed by atoms with Crippen molar-refractivity contribution >= 4 is 27.4 Å². The molecule has 0 aliphatic heterocycles. The molecule has 0 spiro atoms. The number of carboxylic acid groups (broad SMARTS) is 1. The second-order valence-electron chi connectivity index (χ2n) is 2.80. The van der Waals surface area contributed by atoms with Crippen molar-refractivity contribution in [3.63, 3.8) is 0 Å². The van der Waals surface area contributed by atoms with Gasteiger partial charge in [0.15, 0.2) is 5.06 Å². The van der Waals surface area contributed by atoms with E-state index in [2.05, 4.69) is 0 Å². The summed E-state index contributed by atoms with van der Waals surface area (Å²) < 4.78 is 0.555. The Balaban J connectivity index is 2.77. The number of aromatic hydroxyl groups is 2. The predicted molar refractivity (Wildman–Crippen MR) is 52.1 cm³/mol. The van der Waals surface area contributed by atoms with E-state index in [1.807, 2.05) is 0 Å². The fraction of sp³-hybridized carbons (Fsp3) is 0. The highest BCUT2D eigenvalue weighted by Crippen LogP contribution is 2.36. The number of phenols is 1. The number of thiophene rings is 1. The Morgan fingerprint density at radius 1 is 1.21 bits per heavy atom. The Bertz CT molecular complexity index is 515. The van der Waals surface area contributed by atoms with E-state index in [-0.39, 0.29) is 16.4 Å². The van der Waals surface area contributed by atoms with E-state index in [0.717, 1.165) is 17.4 Å². The van der Waals surface area contributed by atoms with E-state index in [1.54, 1.807) is 0 Å². The van der Waals surface area contributed by atoms with Gasteiger partial charge in [0.05, 0.1) is 5.56 Å². The highest BCUT2D eigenvalue weighted by atomic mass is 32.1. The van der Waals surface area contributed by atoms with Crippen LogP contribution in [0.3, 0.4) is 0 Å². The summed E-state index contributed by atoms with van der Waals surface area (Å²) in [7, 11) is 0. The second-order valence-corrected chi connectivity index (χ2v) is 3.86. The van der Waals surface area contributed by atoms with Gasteiger partial charge < -0.3 is 15.3 Å². The fourth-order valence-electron chi connectivity index (χ4n) is 1.23. The molecule has 0 bridgehead atoms. The number of carboxylic acids is 1. The van der Waals surface area contributed by atoms with Gasteiger partial charge in [-0.05, 0) is 12.1 Å². The van der Waals surface area contributed by atoms with Gasteiger partial charge in [-0.25, -0.2) is 4.79 Å². The number of aromatic carboxylic acids is 1. The molecule has 0 saturated carbocycles. The molecule has 1 aromatic carbocycles. The Hall–Kier alpha value is -1.75. The maximum absolute atomic E-state index is 10.6. The summed E-state index contributed by atoms with van der Waals surface area (Å²) in [4.78, 5) is 10.6. The summed E-state index contributed by atoms with van der Waals surface area (Å²) >= 11 is 1.03. The van der Waals surface area contributed by atoms with E-state index in [4.69, 9.17) is 5.11 Å². The summed E-state index contributed by atoms with van der Waals surface area (Å²) in [5.74, 6) is -1.23. The molecule has 0 amide bonds. The van der Waals surface area contributed by atoms with Crippen molar-refractivity contribution in [3.05, 3.63) is 23.8 Å². The van der Waals surface area contributed by atoms with Crippen molar-refractivity contribution in [2.75, 3.05) is 0 Å². The molecule has 0 unspecified atom stereocenters. The number of rotatable bonds is 1. The van der Waals surface area contributed by atoms with Crippen molar-refractivity contribution in [1.82, 2.24) is 0 Å². The quantitative estimate of drug-likeness (QED) is 0.672. The van der Waals surface area contributed by atoms with Crippen molar-refractivity contribution in [2.45, 2.75) is 0 Å². The van der Waals surface area contributed by atoms with Crippen LogP contribution >= 0.6 is 11.3 Å². The van der Waals surface area contributed by atoms with Crippen LogP contribution in [0.15, 0.2) is 18.2 Å². The molecule has 72 valence electrons. The lowest BCUT2D eigenvalue weighted by molar-refractivity contribution is 0.0696. The SMILES string of the molecule is O=C(O)c1cc(O)c2cc(O)sc2c1. The topological polar surface area (TPSA) is 77.8 Å². The van der Waals surface area contributed by atoms with Gasteiger partial charge in [-0.1, -0.05) is 11.3 Å². The molecule has 1 heterocycles. The van der Waals surface area contributed by atoms with Crippen LogP contribution in [-0.2, 0) is 0 Å². The van der Waals surface area contributed by atoms with Gasteiger partial charge in [0.2, 0.25) is 0 Å². The normalized spacial score (nSPS) is 10.6. The average molecular weight is 210 g/mol. The third kappa shape index (κ3) is 1.27. The molecule has 14 heavy (non-hydrogen) atoms. The third-order valence-corrected chi connectivity index (χ3v) is 2.73. The zero-order valence-electron chi connectivity index (χ0n) is 6.89. The number of hydrogen-bond acceptors (Lipinski definition) is 4. The van der Waals surface area contributed by atoms with E-state index in [9.17, 15) is 15.0 Å². The maximum atomic E-state index is 10.6. The molecule has 0 aliphatic carbocycles. The minimum Gasteiger partial charge on any atom is -0.507 e. The average Bonchev–Trinajstić information content (AvgIpc) is 2.45. The first kappa shape index (κ1) is 8.83. The van der Waals surface area contributed by atoms with E-state index >= 15 is 0 Å². The van der Waals surface area contributed by atoms with Crippen LogP contribution in [0.25, 0.3) is 10.1 Å². The number of hydrogen-bond donors (Lipinski definition) is 3. The van der Waals surface area contributed by atoms with Gasteiger partial charge in [-0.15, -0.1) is 0 Å². The minimum absolute atomic E-state index is 0.0110. The molecule has 0 saturated heterocycles. The molecule has 5 heteroatoms. The van der Waals surface area contributed by atoms with Crippen LogP contribution in [-0.4, -0.2) is 21.3 Å². The Kier molecular flexibility index (Phi) is 1.82. The zero-order chi connectivity index (χ0) is 10.3. The van der Waals surface area contributed by atoms with Crippen molar-refractivity contribution in [2.24, 2.45) is 0 Å². The van der Waals surface area contributed by atoms with Crippen LogP contribution in [0, 0.1) is 0 Å². The number of phenolic OH excluding ortho intramolecular Hbond substituents is 1. The summed E-state index contributed by atoms with van der Waals surface area (Å²) in [6.45, 7) is 0. The van der Waals surface area contributed by atoms with Gasteiger partial charge in [0.25, 0.3) is 0 Å². The van der Waals surface area contributed by atoms with E-state index in [1.165, 1.54) is 12.1 Å². The van der Waals surface area contributed by atoms with Gasteiger partial charge in [0, 0.05) is 16.2 Å². The summed E-state index contributed by atoms with van der Waals surface area (Å²) in [5.41, 5.74) is 0.0110. The van der Waals surface area contributed by atoms with Crippen LogP contribution in [0.2, 0.25) is 0 Å². The molecule has 2 rings (SSSR count). The lowest BCUT2D eigenvalue weighted by atomic mass is 10.1. The molecular weight excluding hydrogens is 204 g/mol. The van der Waals surface area contributed by atoms with Crippen LogP contribution in [0.1, 0.15) is 10.4 Å². The molecule has 0 atom stereocenters. The third-order valence-electron chi connectivity index (χ3n) is 1.85. The van der Waals surface area contributed by atoms with E-state index in [0.29, 0.717) is 10.1 Å². The molecule has 0 aliphatic rings. The lowest BCUT2D eigenvalue weighted by Gasteiger charge is -1.97. The molecule has 0 fully saturated rings. The van der Waals surface area contributed by atoms with Crippen LogP contribution in [0.5, 0.6) is 10.8 Å².